The first-order valence-corrected chi connectivity index (χ1v) is 8.26. The third-order valence-electron chi connectivity index (χ3n) is 3.74. The zero-order valence-corrected chi connectivity index (χ0v) is 12.8. The Morgan fingerprint density at radius 2 is 2.05 bits per heavy atom. The van der Waals surface area contributed by atoms with Gasteiger partial charge in [0.25, 0.3) is 5.69 Å². The number of hydrogen-bond donors (Lipinski definition) is 1. The molecule has 1 atom stereocenters. The molecule has 0 unspecified atom stereocenters. The van der Waals surface area contributed by atoms with E-state index in [4.69, 9.17) is 0 Å². The van der Waals surface area contributed by atoms with Gasteiger partial charge < -0.3 is 0 Å². The molecule has 1 fully saturated rings. The second kappa shape index (κ2) is 6.08. The Morgan fingerprint density at radius 1 is 1.43 bits per heavy atom. The molecule has 116 valence electrons. The van der Waals surface area contributed by atoms with Gasteiger partial charge in [-0.05, 0) is 32.9 Å². The summed E-state index contributed by atoms with van der Waals surface area (Å²) in [4.78, 5) is 12.1. The maximum Gasteiger partial charge on any atom is 0.289 e. The normalized spacial score (nSPS) is 16.9. The van der Waals surface area contributed by atoms with Crippen LogP contribution in [0.4, 0.5) is 5.69 Å². The molecule has 1 N–H and O–H groups in total. The van der Waals surface area contributed by atoms with Gasteiger partial charge in [0, 0.05) is 24.7 Å². The van der Waals surface area contributed by atoms with E-state index in [0.29, 0.717) is 6.04 Å². The first kappa shape index (κ1) is 15.9. The summed E-state index contributed by atoms with van der Waals surface area (Å²) in [6.07, 6.45) is 2.27. The predicted molar refractivity (Wildman–Crippen MR) is 78.5 cm³/mol. The topological polar surface area (TPSA) is 92.5 Å². The van der Waals surface area contributed by atoms with E-state index < -0.39 is 20.6 Å². The summed E-state index contributed by atoms with van der Waals surface area (Å²) in [7, 11) is -1.93. The van der Waals surface area contributed by atoms with Gasteiger partial charge in [0.15, 0.2) is 4.90 Å². The highest BCUT2D eigenvalue weighted by atomic mass is 32.2. The van der Waals surface area contributed by atoms with E-state index >= 15 is 0 Å². The van der Waals surface area contributed by atoms with Gasteiger partial charge in [0.05, 0.1) is 4.92 Å². The summed E-state index contributed by atoms with van der Waals surface area (Å²) in [6, 6.07) is 5.91. The van der Waals surface area contributed by atoms with E-state index in [2.05, 4.69) is 9.62 Å². The standard InChI is InChI=1S/C13H19N3O4S/c1-10(15(2)11-7-8-11)9-14-21(19,20)13-6-4-3-5-12(13)16(17)18/h3-6,10-11,14H,7-9H2,1-2H3/t10-/m0/s1. The van der Waals surface area contributed by atoms with Crippen LogP contribution < -0.4 is 4.72 Å². The Hall–Kier alpha value is -1.51. The highest BCUT2D eigenvalue weighted by molar-refractivity contribution is 7.89. The second-order valence-corrected chi connectivity index (χ2v) is 7.06. The lowest BCUT2D eigenvalue weighted by Gasteiger charge is -2.24. The number of nitro groups is 1. The predicted octanol–water partition coefficient (Wildman–Crippen LogP) is 1.36. The summed E-state index contributed by atoms with van der Waals surface area (Å²) in [5.41, 5.74) is -0.409. The van der Waals surface area contributed by atoms with Crippen molar-refractivity contribution in [2.75, 3.05) is 13.6 Å². The first-order valence-electron chi connectivity index (χ1n) is 6.78. The monoisotopic (exact) mass is 313 g/mol. The molecule has 1 saturated carbocycles. The fourth-order valence-electron chi connectivity index (χ4n) is 2.13. The Balaban J connectivity index is 2.10. The number of benzene rings is 1. The van der Waals surface area contributed by atoms with Crippen molar-refractivity contribution >= 4 is 15.7 Å². The highest BCUT2D eigenvalue weighted by Gasteiger charge is 2.30. The Morgan fingerprint density at radius 3 is 2.62 bits per heavy atom. The number of nitrogens with zero attached hydrogens (tertiary/aromatic N) is 2. The first-order chi connectivity index (χ1) is 9.83. The van der Waals surface area contributed by atoms with Crippen molar-refractivity contribution in [3.8, 4) is 0 Å². The largest absolute Gasteiger partial charge is 0.299 e. The molecule has 1 aliphatic rings. The van der Waals surface area contributed by atoms with Crippen LogP contribution in [0.2, 0.25) is 0 Å². The van der Waals surface area contributed by atoms with Crippen molar-refractivity contribution in [3.05, 3.63) is 34.4 Å². The number of rotatable bonds is 7. The van der Waals surface area contributed by atoms with Gasteiger partial charge in [0.1, 0.15) is 0 Å². The van der Waals surface area contributed by atoms with Gasteiger partial charge in [-0.2, -0.15) is 0 Å². The average Bonchev–Trinajstić information content (AvgIpc) is 3.28. The van der Waals surface area contributed by atoms with E-state index in [1.165, 1.54) is 24.3 Å². The number of likely N-dealkylation sites (N-methyl/N-ethyl adjacent to an activating group) is 1. The van der Waals surface area contributed by atoms with Gasteiger partial charge in [-0.3, -0.25) is 15.0 Å². The molecule has 0 aliphatic heterocycles. The minimum atomic E-state index is -3.89. The lowest BCUT2D eigenvalue weighted by molar-refractivity contribution is -0.387. The number of hydrogen-bond acceptors (Lipinski definition) is 5. The third-order valence-corrected chi connectivity index (χ3v) is 5.21. The number of sulfonamides is 1. The van der Waals surface area contributed by atoms with Crippen LogP contribution in [-0.2, 0) is 10.0 Å². The van der Waals surface area contributed by atoms with Crippen molar-refractivity contribution in [1.82, 2.24) is 9.62 Å². The molecule has 1 aromatic rings. The summed E-state index contributed by atoms with van der Waals surface area (Å²) in [5, 5.41) is 10.9. The minimum absolute atomic E-state index is 0.0371. The molecule has 0 radical (unpaired) electrons. The van der Waals surface area contributed by atoms with Gasteiger partial charge >= 0.3 is 0 Å². The molecule has 0 amide bonds. The smallest absolute Gasteiger partial charge is 0.289 e. The molecule has 0 heterocycles. The second-order valence-electron chi connectivity index (χ2n) is 5.32. The fraction of sp³-hybridized carbons (Fsp3) is 0.538. The molecule has 0 aromatic heterocycles. The van der Waals surface area contributed by atoms with Gasteiger partial charge in [-0.15, -0.1) is 0 Å². The van der Waals surface area contributed by atoms with Crippen LogP contribution in [0, 0.1) is 10.1 Å². The van der Waals surface area contributed by atoms with Crippen LogP contribution >= 0.6 is 0 Å². The third kappa shape index (κ3) is 3.78. The lowest BCUT2D eigenvalue weighted by Crippen LogP contribution is -2.41. The summed E-state index contributed by atoms with van der Waals surface area (Å²) >= 11 is 0. The Bertz CT molecular complexity index is 628. The average molecular weight is 313 g/mol. The van der Waals surface area contributed by atoms with Crippen LogP contribution in [0.1, 0.15) is 19.8 Å². The quantitative estimate of drug-likeness (QED) is 0.606. The van der Waals surface area contributed by atoms with Crippen LogP contribution in [-0.4, -0.2) is 43.9 Å². The molecule has 0 bridgehead atoms. The SMILES string of the molecule is C[C@@H](CNS(=O)(=O)c1ccccc1[N+](=O)[O-])N(C)C1CC1. The van der Waals surface area contributed by atoms with Gasteiger partial charge in [-0.1, -0.05) is 12.1 Å². The Kier molecular flexibility index (Phi) is 4.60. The minimum Gasteiger partial charge on any atom is -0.299 e. The molecule has 8 heteroatoms. The lowest BCUT2D eigenvalue weighted by atomic mass is 10.3. The summed E-state index contributed by atoms with van der Waals surface area (Å²) in [6.45, 7) is 2.15. The van der Waals surface area contributed by atoms with E-state index in [0.717, 1.165) is 12.8 Å². The zero-order chi connectivity index (χ0) is 15.6. The van der Waals surface area contributed by atoms with Crippen LogP contribution in [0.15, 0.2) is 29.2 Å². The van der Waals surface area contributed by atoms with E-state index in [1.54, 1.807) is 0 Å². The van der Waals surface area contributed by atoms with Crippen LogP contribution in [0.5, 0.6) is 0 Å². The molecular weight excluding hydrogens is 294 g/mol. The van der Waals surface area contributed by atoms with E-state index in [-0.39, 0.29) is 17.5 Å². The van der Waals surface area contributed by atoms with E-state index in [1.807, 2.05) is 14.0 Å². The number of para-hydroxylation sites is 1. The van der Waals surface area contributed by atoms with Crippen molar-refractivity contribution in [1.29, 1.82) is 0 Å². The molecule has 1 aliphatic carbocycles. The van der Waals surface area contributed by atoms with Crippen LogP contribution in [0.25, 0.3) is 0 Å². The zero-order valence-electron chi connectivity index (χ0n) is 12.0. The molecule has 7 nitrogen and oxygen atoms in total. The molecule has 1 aromatic carbocycles. The molecule has 0 saturated heterocycles. The van der Waals surface area contributed by atoms with Crippen molar-refractivity contribution in [2.45, 2.75) is 36.7 Å². The number of nitro benzene ring substituents is 1. The van der Waals surface area contributed by atoms with E-state index in [9.17, 15) is 18.5 Å². The molecule has 21 heavy (non-hydrogen) atoms. The maximum absolute atomic E-state index is 12.2. The molecule has 2 rings (SSSR count). The van der Waals surface area contributed by atoms with Crippen molar-refractivity contribution in [2.24, 2.45) is 0 Å². The van der Waals surface area contributed by atoms with Crippen molar-refractivity contribution < 1.29 is 13.3 Å². The summed E-state index contributed by atoms with van der Waals surface area (Å²) < 4.78 is 26.9. The maximum atomic E-state index is 12.2. The molecular formula is C13H19N3O4S. The van der Waals surface area contributed by atoms with Gasteiger partial charge in [0.2, 0.25) is 10.0 Å². The summed E-state index contributed by atoms with van der Waals surface area (Å²) in [5.74, 6) is 0. The van der Waals surface area contributed by atoms with Gasteiger partial charge in [-0.25, -0.2) is 13.1 Å². The number of nitrogens with one attached hydrogen (secondary N) is 1. The molecule has 0 spiro atoms. The fourth-order valence-corrected chi connectivity index (χ4v) is 3.42. The Labute approximate surface area is 124 Å². The van der Waals surface area contributed by atoms with Crippen LogP contribution in [0.3, 0.4) is 0 Å². The van der Waals surface area contributed by atoms with Crippen molar-refractivity contribution in [3.63, 3.8) is 0 Å². The highest BCUT2D eigenvalue weighted by Crippen LogP contribution is 2.27.